The first-order chi connectivity index (χ1) is 7.78. The van der Waals surface area contributed by atoms with Gasteiger partial charge in [-0.3, -0.25) is 0 Å². The molecular weight excluding hydrogens is 302 g/mol. The summed E-state index contributed by atoms with van der Waals surface area (Å²) < 4.78 is 1.16. The summed E-state index contributed by atoms with van der Waals surface area (Å²) in [6.07, 6.45) is 2.09. The normalized spacial score (nSPS) is 10.4. The Labute approximate surface area is 112 Å². The maximum atomic E-state index is 3.46. The van der Waals surface area contributed by atoms with Gasteiger partial charge in [-0.15, -0.1) is 23.1 Å². The zero-order valence-electron chi connectivity index (χ0n) is 8.87. The Morgan fingerprint density at radius 3 is 2.94 bits per heavy atom. The van der Waals surface area contributed by atoms with Crippen molar-refractivity contribution in [3.05, 3.63) is 45.1 Å². The molecular formula is C12H12BrNS2. The molecule has 0 bridgehead atoms. The van der Waals surface area contributed by atoms with E-state index in [1.165, 1.54) is 15.5 Å². The summed E-state index contributed by atoms with van der Waals surface area (Å²) in [5, 5.41) is 5.53. The summed E-state index contributed by atoms with van der Waals surface area (Å²) in [5.41, 5.74) is 1.18. The molecule has 16 heavy (non-hydrogen) atoms. The summed E-state index contributed by atoms with van der Waals surface area (Å²) in [7, 11) is 0. The lowest BCUT2D eigenvalue weighted by atomic mass is 10.3. The van der Waals surface area contributed by atoms with Crippen molar-refractivity contribution in [2.75, 3.05) is 11.6 Å². The largest absolute Gasteiger partial charge is 0.380 e. The van der Waals surface area contributed by atoms with Gasteiger partial charge in [0.15, 0.2) is 0 Å². The van der Waals surface area contributed by atoms with Gasteiger partial charge in [0.1, 0.15) is 0 Å². The molecule has 0 unspecified atom stereocenters. The van der Waals surface area contributed by atoms with Crippen LogP contribution in [0.15, 0.2) is 45.1 Å². The van der Waals surface area contributed by atoms with Gasteiger partial charge >= 0.3 is 0 Å². The topological polar surface area (TPSA) is 12.0 Å². The number of anilines is 1. The average molecular weight is 314 g/mol. The Morgan fingerprint density at radius 2 is 2.25 bits per heavy atom. The van der Waals surface area contributed by atoms with Gasteiger partial charge in [0.25, 0.3) is 0 Å². The second-order valence-corrected chi connectivity index (χ2v) is 6.11. The predicted octanol–water partition coefficient (Wildman–Crippen LogP) is 4.84. The van der Waals surface area contributed by atoms with Crippen LogP contribution in [-0.4, -0.2) is 6.26 Å². The quantitative estimate of drug-likeness (QED) is 0.810. The molecule has 2 aromatic rings. The van der Waals surface area contributed by atoms with Crippen LogP contribution in [0, 0.1) is 0 Å². The summed E-state index contributed by atoms with van der Waals surface area (Å²) in [6.45, 7) is 0.883. The van der Waals surface area contributed by atoms with Crippen LogP contribution in [0.4, 0.5) is 5.69 Å². The molecule has 0 saturated carbocycles. The van der Waals surface area contributed by atoms with Crippen molar-refractivity contribution in [2.24, 2.45) is 0 Å². The molecule has 0 atom stereocenters. The third-order valence-electron chi connectivity index (χ3n) is 2.16. The molecule has 0 aliphatic rings. The van der Waals surface area contributed by atoms with Gasteiger partial charge < -0.3 is 5.32 Å². The van der Waals surface area contributed by atoms with Crippen LogP contribution in [0.3, 0.4) is 0 Å². The summed E-state index contributed by atoms with van der Waals surface area (Å²) >= 11 is 6.99. The van der Waals surface area contributed by atoms with Crippen LogP contribution in [0.1, 0.15) is 4.88 Å². The lowest BCUT2D eigenvalue weighted by Crippen LogP contribution is -1.96. The first-order valence-corrected chi connectivity index (χ1v) is 7.78. The fraction of sp³-hybridized carbons (Fsp3) is 0.167. The molecule has 0 aliphatic heterocycles. The van der Waals surface area contributed by atoms with Gasteiger partial charge in [0.2, 0.25) is 0 Å². The van der Waals surface area contributed by atoms with E-state index in [0.717, 1.165) is 11.0 Å². The molecule has 0 saturated heterocycles. The number of halogens is 1. The standard InChI is InChI=1S/C12H12BrNS2/c1-15-11-4-2-3-10(6-11)14-7-12-5-9(13)8-16-12/h2-6,8,14H,7H2,1H3. The van der Waals surface area contributed by atoms with Crippen LogP contribution >= 0.6 is 39.0 Å². The Balaban J connectivity index is 1.99. The van der Waals surface area contributed by atoms with Gasteiger partial charge in [-0.05, 0) is 46.5 Å². The maximum absolute atomic E-state index is 3.46. The zero-order valence-corrected chi connectivity index (χ0v) is 12.1. The molecule has 1 nitrogen and oxygen atoms in total. The SMILES string of the molecule is CSc1cccc(NCc2cc(Br)cs2)c1. The number of thiophene rings is 1. The van der Waals surface area contributed by atoms with E-state index in [2.05, 4.69) is 63.2 Å². The second kappa shape index (κ2) is 5.75. The lowest BCUT2D eigenvalue weighted by molar-refractivity contribution is 1.18. The van der Waals surface area contributed by atoms with Gasteiger partial charge in [0, 0.05) is 31.9 Å². The average Bonchev–Trinajstić information content (AvgIpc) is 2.73. The summed E-state index contributed by atoms with van der Waals surface area (Å²) in [4.78, 5) is 2.62. The van der Waals surface area contributed by atoms with E-state index in [9.17, 15) is 0 Å². The number of hydrogen-bond donors (Lipinski definition) is 1. The van der Waals surface area contributed by atoms with Crippen molar-refractivity contribution in [2.45, 2.75) is 11.4 Å². The van der Waals surface area contributed by atoms with Crippen LogP contribution in [-0.2, 0) is 6.54 Å². The van der Waals surface area contributed by atoms with E-state index in [0.29, 0.717) is 0 Å². The van der Waals surface area contributed by atoms with Crippen molar-refractivity contribution in [1.82, 2.24) is 0 Å². The third kappa shape index (κ3) is 3.27. The maximum Gasteiger partial charge on any atom is 0.0494 e. The molecule has 1 aromatic carbocycles. The molecule has 0 spiro atoms. The smallest absolute Gasteiger partial charge is 0.0494 e. The van der Waals surface area contributed by atoms with E-state index in [1.807, 2.05) is 0 Å². The van der Waals surface area contributed by atoms with Crippen molar-refractivity contribution in [3.8, 4) is 0 Å². The fourth-order valence-corrected chi connectivity index (χ4v) is 3.22. The molecule has 0 amide bonds. The molecule has 0 fully saturated rings. The van der Waals surface area contributed by atoms with E-state index >= 15 is 0 Å². The van der Waals surface area contributed by atoms with E-state index in [4.69, 9.17) is 0 Å². The minimum atomic E-state index is 0.883. The monoisotopic (exact) mass is 313 g/mol. The fourth-order valence-electron chi connectivity index (χ4n) is 1.37. The highest BCUT2D eigenvalue weighted by Gasteiger charge is 1.98. The minimum Gasteiger partial charge on any atom is -0.380 e. The van der Waals surface area contributed by atoms with Gasteiger partial charge in [-0.1, -0.05) is 6.07 Å². The Morgan fingerprint density at radius 1 is 1.38 bits per heavy atom. The Kier molecular flexibility index (Phi) is 4.32. The van der Waals surface area contributed by atoms with Gasteiger partial charge in [0.05, 0.1) is 0 Å². The molecule has 1 heterocycles. The predicted molar refractivity (Wildman–Crippen MR) is 77.6 cm³/mol. The number of nitrogens with one attached hydrogen (secondary N) is 1. The minimum absolute atomic E-state index is 0.883. The highest BCUT2D eigenvalue weighted by molar-refractivity contribution is 9.10. The molecule has 2 rings (SSSR count). The van der Waals surface area contributed by atoms with Crippen molar-refractivity contribution >= 4 is 44.7 Å². The molecule has 4 heteroatoms. The number of thioether (sulfide) groups is 1. The van der Waals surface area contributed by atoms with Crippen molar-refractivity contribution in [1.29, 1.82) is 0 Å². The second-order valence-electron chi connectivity index (χ2n) is 3.32. The first kappa shape index (κ1) is 12.0. The van der Waals surface area contributed by atoms with Crippen LogP contribution < -0.4 is 5.32 Å². The highest BCUT2D eigenvalue weighted by atomic mass is 79.9. The number of rotatable bonds is 4. The molecule has 1 N–H and O–H groups in total. The molecule has 0 aliphatic carbocycles. The van der Waals surface area contributed by atoms with E-state index in [1.54, 1.807) is 23.1 Å². The van der Waals surface area contributed by atoms with Crippen LogP contribution in [0.25, 0.3) is 0 Å². The zero-order chi connectivity index (χ0) is 11.4. The number of hydrogen-bond acceptors (Lipinski definition) is 3. The first-order valence-electron chi connectivity index (χ1n) is 4.89. The van der Waals surface area contributed by atoms with Crippen LogP contribution in [0.5, 0.6) is 0 Å². The Hall–Kier alpha value is -0.450. The van der Waals surface area contributed by atoms with Gasteiger partial charge in [-0.25, -0.2) is 0 Å². The van der Waals surface area contributed by atoms with E-state index in [-0.39, 0.29) is 0 Å². The van der Waals surface area contributed by atoms with Crippen molar-refractivity contribution in [3.63, 3.8) is 0 Å². The molecule has 0 radical (unpaired) electrons. The molecule has 1 aromatic heterocycles. The number of benzene rings is 1. The lowest BCUT2D eigenvalue weighted by Gasteiger charge is -2.05. The van der Waals surface area contributed by atoms with Gasteiger partial charge in [-0.2, -0.15) is 0 Å². The highest BCUT2D eigenvalue weighted by Crippen LogP contribution is 2.22. The summed E-state index contributed by atoms with van der Waals surface area (Å²) in [6, 6.07) is 10.6. The van der Waals surface area contributed by atoms with Crippen LogP contribution in [0.2, 0.25) is 0 Å². The van der Waals surface area contributed by atoms with E-state index < -0.39 is 0 Å². The van der Waals surface area contributed by atoms with Crippen molar-refractivity contribution < 1.29 is 0 Å². The summed E-state index contributed by atoms with van der Waals surface area (Å²) in [5.74, 6) is 0. The third-order valence-corrected chi connectivity index (χ3v) is 4.58. The Bertz CT molecular complexity index is 468. The molecule has 84 valence electrons.